The maximum Gasteiger partial charge on any atom is 0.337 e. The fourth-order valence-corrected chi connectivity index (χ4v) is 3.76. The van der Waals surface area contributed by atoms with Gasteiger partial charge in [-0.3, -0.25) is 4.79 Å². The number of anilines is 1. The second-order valence-electron chi connectivity index (χ2n) is 5.98. The summed E-state index contributed by atoms with van der Waals surface area (Å²) < 4.78 is 15.9. The molecule has 3 heterocycles. The number of carbonyl (C=O) groups is 1. The highest BCUT2D eigenvalue weighted by molar-refractivity contribution is 7.98. The topological polar surface area (TPSA) is 103 Å². The summed E-state index contributed by atoms with van der Waals surface area (Å²) in [7, 11) is 3.08. The molecule has 8 nitrogen and oxygen atoms in total. The summed E-state index contributed by atoms with van der Waals surface area (Å²) in [6.45, 7) is 0.125. The molecule has 0 unspecified atom stereocenters. The van der Waals surface area contributed by atoms with Crippen LogP contribution in [0.4, 0.5) is 5.82 Å². The number of nitrogens with zero attached hydrogens (tertiary/aromatic N) is 1. The minimum Gasteiger partial charge on any atom is -0.493 e. The van der Waals surface area contributed by atoms with Crippen molar-refractivity contribution in [3.8, 4) is 11.5 Å². The van der Waals surface area contributed by atoms with E-state index in [-0.39, 0.29) is 12.2 Å². The molecule has 0 radical (unpaired) electrons. The van der Waals surface area contributed by atoms with Crippen LogP contribution < -0.4 is 20.3 Å². The fraction of sp³-hybridized carbons (Fsp3) is 0.278. The molecule has 0 saturated heterocycles. The first-order valence-electron chi connectivity index (χ1n) is 8.14. The highest BCUT2D eigenvalue weighted by atomic mass is 32.2. The van der Waals surface area contributed by atoms with Crippen molar-refractivity contribution in [2.45, 2.75) is 11.1 Å². The maximum absolute atomic E-state index is 12.8. The Morgan fingerprint density at radius 2 is 2.00 bits per heavy atom. The first-order valence-corrected chi connectivity index (χ1v) is 9.37. The number of rotatable bonds is 4. The predicted octanol–water partition coefficient (Wildman–Crippen LogP) is 1.88. The van der Waals surface area contributed by atoms with Gasteiger partial charge < -0.3 is 24.5 Å². The molecule has 2 aliphatic rings. The summed E-state index contributed by atoms with van der Waals surface area (Å²) in [5, 5.41) is 3.58. The van der Waals surface area contributed by atoms with Gasteiger partial charge in [0.15, 0.2) is 16.7 Å². The number of benzene rings is 1. The van der Waals surface area contributed by atoms with E-state index in [1.54, 1.807) is 25.3 Å². The number of hydrogen-bond acceptors (Lipinski definition) is 8. The van der Waals surface area contributed by atoms with Crippen molar-refractivity contribution in [1.82, 2.24) is 9.97 Å². The maximum atomic E-state index is 12.8. The Bertz CT molecular complexity index is 1030. The molecule has 140 valence electrons. The summed E-state index contributed by atoms with van der Waals surface area (Å²) in [5.41, 5.74) is 1.82. The zero-order valence-electron chi connectivity index (χ0n) is 14.9. The van der Waals surface area contributed by atoms with Crippen LogP contribution >= 0.6 is 11.8 Å². The van der Waals surface area contributed by atoms with Gasteiger partial charge in [0.2, 0.25) is 0 Å². The van der Waals surface area contributed by atoms with Gasteiger partial charge in [0.25, 0.3) is 5.56 Å². The van der Waals surface area contributed by atoms with Crippen molar-refractivity contribution in [2.75, 3.05) is 32.4 Å². The molecule has 4 rings (SSSR count). The van der Waals surface area contributed by atoms with Crippen LogP contribution in [-0.2, 0) is 9.53 Å². The van der Waals surface area contributed by atoms with E-state index in [4.69, 9.17) is 14.2 Å². The van der Waals surface area contributed by atoms with Crippen molar-refractivity contribution in [2.24, 2.45) is 0 Å². The Balaban J connectivity index is 1.95. The first-order chi connectivity index (χ1) is 13.1. The second kappa shape index (κ2) is 6.66. The van der Waals surface area contributed by atoms with Crippen LogP contribution in [-0.4, -0.2) is 43.0 Å². The summed E-state index contributed by atoms with van der Waals surface area (Å²) >= 11 is 1.33. The molecule has 0 spiro atoms. The number of hydrogen-bond donors (Lipinski definition) is 2. The summed E-state index contributed by atoms with van der Waals surface area (Å²) in [6.07, 6.45) is 1.83. The third-order valence-corrected chi connectivity index (χ3v) is 5.19. The Morgan fingerprint density at radius 1 is 1.22 bits per heavy atom. The summed E-state index contributed by atoms with van der Waals surface area (Å²) in [6, 6.07) is 5.31. The second-order valence-corrected chi connectivity index (χ2v) is 6.77. The minimum atomic E-state index is -0.613. The Kier molecular flexibility index (Phi) is 4.31. The van der Waals surface area contributed by atoms with Crippen LogP contribution in [0.3, 0.4) is 0 Å². The minimum absolute atomic E-state index is 0.125. The third-order valence-electron chi connectivity index (χ3n) is 4.61. The van der Waals surface area contributed by atoms with Crippen LogP contribution in [0.25, 0.3) is 0 Å². The molecule has 1 aromatic carbocycles. The Labute approximate surface area is 158 Å². The highest BCUT2D eigenvalue weighted by Crippen LogP contribution is 2.44. The smallest absolute Gasteiger partial charge is 0.337 e. The standard InChI is InChI=1S/C18H17N3O5S/c1-24-10-5-4-8(6-11(10)25-2)12-13-9(7-26-17(13)23)19-15-14(12)16(22)21-18(20-15)27-3/h4-6,12H,7H2,1-3H3,(H2,19,20,21,22)/t12-/m1/s1. The molecule has 0 bridgehead atoms. The normalized spacial score (nSPS) is 17.7. The van der Waals surface area contributed by atoms with E-state index in [1.807, 2.05) is 6.26 Å². The van der Waals surface area contributed by atoms with Gasteiger partial charge in [0.1, 0.15) is 12.4 Å². The highest BCUT2D eigenvalue weighted by Gasteiger charge is 2.41. The number of H-pyrrole nitrogens is 1. The van der Waals surface area contributed by atoms with Gasteiger partial charge in [-0.1, -0.05) is 17.8 Å². The molecule has 2 aromatic rings. The van der Waals surface area contributed by atoms with Gasteiger partial charge in [0, 0.05) is 0 Å². The molecule has 0 aliphatic carbocycles. The number of thioether (sulfide) groups is 1. The van der Waals surface area contributed by atoms with Crippen LogP contribution in [0.2, 0.25) is 0 Å². The molecule has 1 atom stereocenters. The largest absolute Gasteiger partial charge is 0.493 e. The summed E-state index contributed by atoms with van der Waals surface area (Å²) in [4.78, 5) is 32.4. The van der Waals surface area contributed by atoms with Crippen molar-refractivity contribution in [3.05, 3.63) is 50.9 Å². The lowest BCUT2D eigenvalue weighted by Crippen LogP contribution is -2.29. The number of fused-ring (bicyclic) bond motifs is 1. The quantitative estimate of drug-likeness (QED) is 0.466. The average Bonchev–Trinajstić information content (AvgIpc) is 3.06. The molecule has 2 N–H and O–H groups in total. The van der Waals surface area contributed by atoms with Crippen LogP contribution in [0.1, 0.15) is 17.0 Å². The van der Waals surface area contributed by atoms with E-state index in [0.29, 0.717) is 44.9 Å². The van der Waals surface area contributed by atoms with E-state index in [0.717, 1.165) is 0 Å². The molecule has 9 heteroatoms. The predicted molar refractivity (Wildman–Crippen MR) is 99.6 cm³/mol. The monoisotopic (exact) mass is 387 g/mol. The third kappa shape index (κ3) is 2.74. The van der Waals surface area contributed by atoms with E-state index >= 15 is 0 Å². The zero-order valence-corrected chi connectivity index (χ0v) is 15.7. The molecule has 0 saturated carbocycles. The van der Waals surface area contributed by atoms with Crippen molar-refractivity contribution in [1.29, 1.82) is 0 Å². The zero-order chi connectivity index (χ0) is 19.1. The molecule has 0 amide bonds. The lowest BCUT2D eigenvalue weighted by Gasteiger charge is -2.26. The molecular weight excluding hydrogens is 370 g/mol. The Morgan fingerprint density at radius 3 is 2.70 bits per heavy atom. The van der Waals surface area contributed by atoms with Crippen molar-refractivity contribution >= 4 is 23.5 Å². The van der Waals surface area contributed by atoms with Gasteiger partial charge in [-0.25, -0.2) is 9.78 Å². The number of cyclic esters (lactones) is 1. The van der Waals surface area contributed by atoms with Crippen LogP contribution in [0.5, 0.6) is 11.5 Å². The van der Waals surface area contributed by atoms with Gasteiger partial charge in [0.05, 0.1) is 37.0 Å². The molecule has 2 aliphatic heterocycles. The molecule has 27 heavy (non-hydrogen) atoms. The SMILES string of the molecule is COc1ccc([C@@H]2C3=C(COC3=O)Nc3nc(SC)[nH]c(=O)c32)cc1OC. The van der Waals surface area contributed by atoms with Crippen LogP contribution in [0, 0.1) is 0 Å². The number of ether oxygens (including phenoxy) is 3. The van der Waals surface area contributed by atoms with Gasteiger partial charge in [-0.15, -0.1) is 0 Å². The lowest BCUT2D eigenvalue weighted by molar-refractivity contribution is -0.136. The first kappa shape index (κ1) is 17.5. The summed E-state index contributed by atoms with van der Waals surface area (Å²) in [5.74, 6) is 0.437. The average molecular weight is 387 g/mol. The van der Waals surface area contributed by atoms with Gasteiger partial charge in [-0.05, 0) is 24.0 Å². The number of methoxy groups -OCH3 is 2. The van der Waals surface area contributed by atoms with E-state index in [2.05, 4.69) is 15.3 Å². The van der Waals surface area contributed by atoms with E-state index in [9.17, 15) is 9.59 Å². The number of aromatic amines is 1. The lowest BCUT2D eigenvalue weighted by atomic mass is 9.83. The number of nitrogens with one attached hydrogen (secondary N) is 2. The number of esters is 1. The fourth-order valence-electron chi connectivity index (χ4n) is 3.39. The number of aromatic nitrogens is 2. The van der Waals surface area contributed by atoms with E-state index in [1.165, 1.54) is 18.9 Å². The molecule has 1 aromatic heterocycles. The van der Waals surface area contributed by atoms with Crippen molar-refractivity contribution < 1.29 is 19.0 Å². The van der Waals surface area contributed by atoms with Crippen molar-refractivity contribution in [3.63, 3.8) is 0 Å². The number of carbonyl (C=O) groups excluding carboxylic acids is 1. The Hall–Kier alpha value is -2.94. The van der Waals surface area contributed by atoms with Crippen LogP contribution in [0.15, 0.2) is 39.4 Å². The van der Waals surface area contributed by atoms with Gasteiger partial charge in [-0.2, -0.15) is 0 Å². The van der Waals surface area contributed by atoms with E-state index < -0.39 is 11.9 Å². The molecular formula is C18H17N3O5S. The molecule has 0 fully saturated rings. The van der Waals surface area contributed by atoms with Gasteiger partial charge >= 0.3 is 5.97 Å².